The molecule has 148 valence electrons. The maximum Gasteiger partial charge on any atom is 0.289 e. The van der Waals surface area contributed by atoms with Gasteiger partial charge in [0.2, 0.25) is 5.91 Å². The topological polar surface area (TPSA) is 63.0 Å². The zero-order valence-electron chi connectivity index (χ0n) is 16.2. The molecule has 0 saturated carbocycles. The first-order chi connectivity index (χ1) is 13.7. The van der Waals surface area contributed by atoms with Gasteiger partial charge in [0.1, 0.15) is 11.5 Å². The predicted molar refractivity (Wildman–Crippen MR) is 105 cm³/mol. The van der Waals surface area contributed by atoms with Gasteiger partial charge in [-0.25, -0.2) is 0 Å². The maximum atomic E-state index is 12.9. The SMILES string of the molecule is COc1ccc(-c2ccc(C(=O)N3CCC[C@H](C(=O)N4CCCC4)C3)o2)cc1. The van der Waals surface area contributed by atoms with Crippen molar-refractivity contribution >= 4 is 11.8 Å². The van der Waals surface area contributed by atoms with E-state index < -0.39 is 0 Å². The molecule has 2 aromatic rings. The second-order valence-corrected chi connectivity index (χ2v) is 7.52. The molecule has 6 heteroatoms. The van der Waals surface area contributed by atoms with Crippen LogP contribution in [0.5, 0.6) is 5.75 Å². The summed E-state index contributed by atoms with van der Waals surface area (Å²) in [7, 11) is 1.62. The number of likely N-dealkylation sites (tertiary alicyclic amines) is 2. The highest BCUT2D eigenvalue weighted by molar-refractivity contribution is 5.92. The van der Waals surface area contributed by atoms with Crippen LogP contribution in [-0.2, 0) is 4.79 Å². The summed E-state index contributed by atoms with van der Waals surface area (Å²) >= 11 is 0. The van der Waals surface area contributed by atoms with Crippen LogP contribution < -0.4 is 4.74 Å². The van der Waals surface area contributed by atoms with E-state index in [-0.39, 0.29) is 17.7 Å². The molecule has 2 aliphatic rings. The molecular formula is C22H26N2O4. The molecular weight excluding hydrogens is 356 g/mol. The first-order valence-corrected chi connectivity index (χ1v) is 9.98. The Bertz CT molecular complexity index is 836. The number of hydrogen-bond acceptors (Lipinski definition) is 4. The van der Waals surface area contributed by atoms with Crippen LogP contribution in [0.25, 0.3) is 11.3 Å². The summed E-state index contributed by atoms with van der Waals surface area (Å²) in [5.74, 6) is 1.71. The summed E-state index contributed by atoms with van der Waals surface area (Å²) in [6.07, 6.45) is 3.87. The van der Waals surface area contributed by atoms with Gasteiger partial charge in [0.05, 0.1) is 13.0 Å². The van der Waals surface area contributed by atoms with Crippen molar-refractivity contribution in [3.05, 3.63) is 42.2 Å². The Kier molecular flexibility index (Phi) is 5.37. The molecule has 0 spiro atoms. The number of hydrogen-bond donors (Lipinski definition) is 0. The van der Waals surface area contributed by atoms with Crippen LogP contribution in [0.3, 0.4) is 0 Å². The van der Waals surface area contributed by atoms with Gasteiger partial charge in [-0.2, -0.15) is 0 Å². The number of methoxy groups -OCH3 is 1. The quantitative estimate of drug-likeness (QED) is 0.813. The molecule has 0 unspecified atom stereocenters. The molecule has 2 saturated heterocycles. The molecule has 4 rings (SSSR count). The van der Waals surface area contributed by atoms with Crippen LogP contribution in [0.2, 0.25) is 0 Å². The van der Waals surface area contributed by atoms with Crippen molar-refractivity contribution < 1.29 is 18.7 Å². The third kappa shape index (κ3) is 3.77. The van der Waals surface area contributed by atoms with Gasteiger partial charge in [0.25, 0.3) is 5.91 Å². The van der Waals surface area contributed by atoms with Gasteiger partial charge in [-0.1, -0.05) is 0 Å². The number of nitrogens with zero attached hydrogens (tertiary/aromatic N) is 2. The number of rotatable bonds is 4. The van der Waals surface area contributed by atoms with E-state index in [4.69, 9.17) is 9.15 Å². The van der Waals surface area contributed by atoms with E-state index in [0.717, 1.165) is 50.1 Å². The predicted octanol–water partition coefficient (Wildman–Crippen LogP) is 3.43. The smallest absolute Gasteiger partial charge is 0.289 e. The van der Waals surface area contributed by atoms with Crippen molar-refractivity contribution in [1.82, 2.24) is 9.80 Å². The highest BCUT2D eigenvalue weighted by Crippen LogP contribution is 2.27. The molecule has 1 atom stereocenters. The van der Waals surface area contributed by atoms with Gasteiger partial charge in [-0.05, 0) is 62.1 Å². The third-order valence-electron chi connectivity index (χ3n) is 5.67. The van der Waals surface area contributed by atoms with Gasteiger partial charge in [-0.15, -0.1) is 0 Å². The summed E-state index contributed by atoms with van der Waals surface area (Å²) in [6.45, 7) is 2.85. The minimum Gasteiger partial charge on any atom is -0.497 e. The number of amides is 2. The zero-order chi connectivity index (χ0) is 19.5. The van der Waals surface area contributed by atoms with E-state index in [0.29, 0.717) is 24.6 Å². The summed E-state index contributed by atoms with van der Waals surface area (Å²) in [5.41, 5.74) is 0.889. The molecule has 1 aromatic carbocycles. The van der Waals surface area contributed by atoms with Crippen molar-refractivity contribution in [2.75, 3.05) is 33.3 Å². The van der Waals surface area contributed by atoms with Crippen molar-refractivity contribution in [3.63, 3.8) is 0 Å². The number of furan rings is 1. The number of carbonyl (C=O) groups excluding carboxylic acids is 2. The average molecular weight is 382 g/mol. The molecule has 28 heavy (non-hydrogen) atoms. The molecule has 0 bridgehead atoms. The largest absolute Gasteiger partial charge is 0.497 e. The number of carbonyl (C=O) groups is 2. The molecule has 6 nitrogen and oxygen atoms in total. The van der Waals surface area contributed by atoms with Crippen LogP contribution in [-0.4, -0.2) is 54.9 Å². The van der Waals surface area contributed by atoms with Crippen LogP contribution in [0.1, 0.15) is 36.2 Å². The highest BCUT2D eigenvalue weighted by Gasteiger charge is 2.33. The Balaban J connectivity index is 1.43. The summed E-state index contributed by atoms with van der Waals surface area (Å²) in [4.78, 5) is 29.3. The molecule has 2 amide bonds. The van der Waals surface area contributed by atoms with Crippen molar-refractivity contribution in [3.8, 4) is 17.1 Å². The minimum atomic E-state index is -0.140. The highest BCUT2D eigenvalue weighted by atomic mass is 16.5. The van der Waals surface area contributed by atoms with E-state index in [2.05, 4.69) is 0 Å². The van der Waals surface area contributed by atoms with E-state index in [1.54, 1.807) is 18.1 Å². The first kappa shape index (κ1) is 18.6. The van der Waals surface area contributed by atoms with Crippen LogP contribution in [0.15, 0.2) is 40.8 Å². The molecule has 3 heterocycles. The van der Waals surface area contributed by atoms with E-state index in [1.807, 2.05) is 35.2 Å². The number of benzene rings is 1. The van der Waals surface area contributed by atoms with Gasteiger partial charge < -0.3 is 19.0 Å². The van der Waals surface area contributed by atoms with Crippen LogP contribution in [0, 0.1) is 5.92 Å². The number of piperidine rings is 1. The molecule has 0 radical (unpaired) electrons. The number of ether oxygens (including phenoxy) is 1. The normalized spacial score (nSPS) is 19.7. The van der Waals surface area contributed by atoms with E-state index >= 15 is 0 Å². The fourth-order valence-corrected chi connectivity index (χ4v) is 4.08. The van der Waals surface area contributed by atoms with Crippen molar-refractivity contribution in [2.24, 2.45) is 5.92 Å². The lowest BCUT2D eigenvalue weighted by atomic mass is 9.96. The van der Waals surface area contributed by atoms with Crippen LogP contribution >= 0.6 is 0 Å². The summed E-state index contributed by atoms with van der Waals surface area (Å²) in [5, 5.41) is 0. The Morgan fingerprint density at radius 2 is 1.68 bits per heavy atom. The fraction of sp³-hybridized carbons (Fsp3) is 0.455. The summed E-state index contributed by atoms with van der Waals surface area (Å²) in [6, 6.07) is 11.0. The van der Waals surface area contributed by atoms with E-state index in [1.165, 1.54) is 0 Å². The second-order valence-electron chi connectivity index (χ2n) is 7.52. The minimum absolute atomic E-state index is 0.0909. The zero-order valence-corrected chi connectivity index (χ0v) is 16.2. The standard InChI is InChI=1S/C22H26N2O4/c1-27-18-8-6-16(7-9-18)19-10-11-20(28-19)22(26)24-14-4-5-17(15-24)21(25)23-12-2-3-13-23/h6-11,17H,2-5,12-15H2,1H3/t17-/m0/s1. The Morgan fingerprint density at radius 1 is 0.964 bits per heavy atom. The van der Waals surface area contributed by atoms with Gasteiger partial charge in [0.15, 0.2) is 5.76 Å². The first-order valence-electron chi connectivity index (χ1n) is 9.98. The Hall–Kier alpha value is -2.76. The molecule has 1 aromatic heterocycles. The van der Waals surface area contributed by atoms with Gasteiger partial charge in [0, 0.05) is 31.7 Å². The molecule has 0 N–H and O–H groups in total. The van der Waals surface area contributed by atoms with Crippen molar-refractivity contribution in [2.45, 2.75) is 25.7 Å². The summed E-state index contributed by atoms with van der Waals surface area (Å²) < 4.78 is 11.0. The average Bonchev–Trinajstić information content (AvgIpc) is 3.45. The van der Waals surface area contributed by atoms with E-state index in [9.17, 15) is 9.59 Å². The Morgan fingerprint density at radius 3 is 2.39 bits per heavy atom. The van der Waals surface area contributed by atoms with Crippen LogP contribution in [0.4, 0.5) is 0 Å². The molecule has 2 fully saturated rings. The second kappa shape index (κ2) is 8.09. The van der Waals surface area contributed by atoms with Gasteiger partial charge >= 0.3 is 0 Å². The molecule has 2 aliphatic heterocycles. The third-order valence-corrected chi connectivity index (χ3v) is 5.67. The Labute approximate surface area is 165 Å². The monoisotopic (exact) mass is 382 g/mol. The fourth-order valence-electron chi connectivity index (χ4n) is 4.08. The lowest BCUT2D eigenvalue weighted by Gasteiger charge is -2.33. The lowest BCUT2D eigenvalue weighted by Crippen LogP contribution is -2.46. The maximum absolute atomic E-state index is 12.9. The van der Waals surface area contributed by atoms with Crippen molar-refractivity contribution in [1.29, 1.82) is 0 Å². The van der Waals surface area contributed by atoms with Gasteiger partial charge in [-0.3, -0.25) is 9.59 Å². The lowest BCUT2D eigenvalue weighted by molar-refractivity contribution is -0.135. The molecule has 0 aliphatic carbocycles.